The lowest BCUT2D eigenvalue weighted by Gasteiger charge is -2.41. The summed E-state index contributed by atoms with van der Waals surface area (Å²) in [4.78, 5) is 25.6. The predicted molar refractivity (Wildman–Crippen MR) is 84.2 cm³/mol. The first-order valence-corrected chi connectivity index (χ1v) is 8.00. The van der Waals surface area contributed by atoms with Crippen LogP contribution in [0, 0.1) is 0 Å². The number of thiol groups is 1. The highest BCUT2D eigenvalue weighted by Gasteiger charge is 2.52. The standard InChI is InChI=1S/C14H14N2O3S2/c17-12-8-13(18)16-11(10-4-2-1-3-5-10)9-21-14(16,15-12)19-6-7-20/h1-5,9,20H,6-8H2,(H,15,17)/t14-/m1/s1. The van der Waals surface area contributed by atoms with Crippen molar-refractivity contribution in [3.8, 4) is 0 Å². The van der Waals surface area contributed by atoms with Gasteiger partial charge in [-0.2, -0.15) is 12.6 Å². The Morgan fingerprint density at radius 2 is 2.10 bits per heavy atom. The molecular formula is C14H14N2O3S2. The van der Waals surface area contributed by atoms with E-state index < -0.39 is 5.18 Å². The van der Waals surface area contributed by atoms with Gasteiger partial charge < -0.3 is 10.1 Å². The average Bonchev–Trinajstić information content (AvgIpc) is 2.86. The third-order valence-electron chi connectivity index (χ3n) is 3.18. The van der Waals surface area contributed by atoms with Gasteiger partial charge in [-0.05, 0) is 5.56 Å². The molecule has 7 heteroatoms. The molecule has 2 heterocycles. The lowest BCUT2D eigenvalue weighted by molar-refractivity contribution is -0.161. The number of nitrogens with one attached hydrogen (secondary N) is 1. The van der Waals surface area contributed by atoms with E-state index in [9.17, 15) is 9.59 Å². The molecule has 1 aromatic carbocycles. The Morgan fingerprint density at radius 3 is 2.81 bits per heavy atom. The van der Waals surface area contributed by atoms with E-state index >= 15 is 0 Å². The van der Waals surface area contributed by atoms with Crippen molar-refractivity contribution in [3.05, 3.63) is 41.3 Å². The van der Waals surface area contributed by atoms with Crippen LogP contribution in [0.1, 0.15) is 12.0 Å². The minimum absolute atomic E-state index is 0.170. The molecule has 1 atom stereocenters. The summed E-state index contributed by atoms with van der Waals surface area (Å²) in [5.74, 6) is -0.0930. The summed E-state index contributed by atoms with van der Waals surface area (Å²) in [5, 5.41) is 3.44. The molecule has 0 radical (unpaired) electrons. The second-order valence-electron chi connectivity index (χ2n) is 4.59. The Hall–Kier alpha value is -1.44. The topological polar surface area (TPSA) is 58.6 Å². The summed E-state index contributed by atoms with van der Waals surface area (Å²) in [6.07, 6.45) is -0.170. The molecule has 0 aromatic heterocycles. The van der Waals surface area contributed by atoms with E-state index in [1.54, 1.807) is 0 Å². The number of amides is 2. The van der Waals surface area contributed by atoms with Crippen LogP contribution >= 0.6 is 24.4 Å². The van der Waals surface area contributed by atoms with Gasteiger partial charge in [0, 0.05) is 11.2 Å². The smallest absolute Gasteiger partial charge is 0.284 e. The van der Waals surface area contributed by atoms with Crippen LogP contribution in [0.15, 0.2) is 35.7 Å². The zero-order valence-corrected chi connectivity index (χ0v) is 12.8. The molecule has 21 heavy (non-hydrogen) atoms. The fraction of sp³-hybridized carbons (Fsp3) is 0.286. The van der Waals surface area contributed by atoms with Crippen molar-refractivity contribution in [1.82, 2.24) is 10.2 Å². The zero-order chi connectivity index (χ0) is 14.9. The van der Waals surface area contributed by atoms with Crippen molar-refractivity contribution in [2.24, 2.45) is 0 Å². The zero-order valence-electron chi connectivity index (χ0n) is 11.1. The number of thioether (sulfide) groups is 1. The van der Waals surface area contributed by atoms with Crippen LogP contribution in [0.5, 0.6) is 0 Å². The molecular weight excluding hydrogens is 308 g/mol. The molecule has 0 aliphatic carbocycles. The van der Waals surface area contributed by atoms with Crippen LogP contribution in [0.25, 0.3) is 5.70 Å². The van der Waals surface area contributed by atoms with Gasteiger partial charge in [0.05, 0.1) is 12.3 Å². The molecule has 0 saturated carbocycles. The van der Waals surface area contributed by atoms with Gasteiger partial charge in [-0.25, -0.2) is 0 Å². The highest BCUT2D eigenvalue weighted by molar-refractivity contribution is 8.03. The highest BCUT2D eigenvalue weighted by atomic mass is 32.2. The van der Waals surface area contributed by atoms with E-state index in [1.807, 2.05) is 35.7 Å². The lowest BCUT2D eigenvalue weighted by Crippen LogP contribution is -2.63. The number of ether oxygens (including phenoxy) is 1. The first-order chi connectivity index (χ1) is 10.2. The number of carbonyl (C=O) groups is 2. The van der Waals surface area contributed by atoms with Gasteiger partial charge in [-0.1, -0.05) is 42.1 Å². The maximum atomic E-state index is 12.4. The molecule has 3 rings (SSSR count). The van der Waals surface area contributed by atoms with Crippen molar-refractivity contribution in [2.45, 2.75) is 11.6 Å². The second-order valence-corrected chi connectivity index (χ2v) is 6.07. The molecule has 0 bridgehead atoms. The Bertz CT molecular complexity index is 605. The molecule has 1 N–H and O–H groups in total. The van der Waals surface area contributed by atoms with Crippen LogP contribution in [-0.4, -0.2) is 34.3 Å². The van der Waals surface area contributed by atoms with Gasteiger partial charge in [0.15, 0.2) is 0 Å². The largest absolute Gasteiger partial charge is 0.328 e. The number of hydrogen-bond acceptors (Lipinski definition) is 5. The molecule has 2 amide bonds. The summed E-state index contributed by atoms with van der Waals surface area (Å²) >= 11 is 5.40. The van der Waals surface area contributed by atoms with Gasteiger partial charge in [0.2, 0.25) is 11.8 Å². The lowest BCUT2D eigenvalue weighted by atomic mass is 10.1. The maximum absolute atomic E-state index is 12.4. The number of carbonyl (C=O) groups excluding carboxylic acids is 2. The van der Waals surface area contributed by atoms with Crippen LogP contribution in [0.2, 0.25) is 0 Å². The van der Waals surface area contributed by atoms with Gasteiger partial charge >= 0.3 is 0 Å². The Morgan fingerprint density at radius 1 is 1.33 bits per heavy atom. The number of benzene rings is 1. The van der Waals surface area contributed by atoms with Gasteiger partial charge in [0.25, 0.3) is 5.18 Å². The molecule has 5 nitrogen and oxygen atoms in total. The van der Waals surface area contributed by atoms with Gasteiger partial charge in [-0.3, -0.25) is 14.5 Å². The summed E-state index contributed by atoms with van der Waals surface area (Å²) in [6.45, 7) is 0.329. The van der Waals surface area contributed by atoms with E-state index in [-0.39, 0.29) is 18.2 Å². The van der Waals surface area contributed by atoms with E-state index in [1.165, 1.54) is 16.7 Å². The van der Waals surface area contributed by atoms with Crippen molar-refractivity contribution in [2.75, 3.05) is 12.4 Å². The monoisotopic (exact) mass is 322 g/mol. The molecule has 2 aliphatic heterocycles. The SMILES string of the molecule is O=C1CC(=O)N2C(c3ccccc3)=CS[C@]2(OCCS)N1. The van der Waals surface area contributed by atoms with Crippen LogP contribution < -0.4 is 5.32 Å². The highest BCUT2D eigenvalue weighted by Crippen LogP contribution is 2.45. The maximum Gasteiger partial charge on any atom is 0.284 e. The summed E-state index contributed by atoms with van der Waals surface area (Å²) in [7, 11) is 0. The number of fused-ring (bicyclic) bond motifs is 1. The molecule has 110 valence electrons. The summed E-state index contributed by atoms with van der Waals surface area (Å²) in [5.41, 5.74) is 1.65. The van der Waals surface area contributed by atoms with E-state index in [0.29, 0.717) is 12.4 Å². The summed E-state index contributed by atoms with van der Waals surface area (Å²) in [6, 6.07) is 9.57. The van der Waals surface area contributed by atoms with Crippen molar-refractivity contribution in [1.29, 1.82) is 0 Å². The first kappa shape index (κ1) is 14.5. The van der Waals surface area contributed by atoms with Crippen molar-refractivity contribution in [3.63, 3.8) is 0 Å². The molecule has 1 aromatic rings. The third kappa shape index (κ3) is 2.56. The normalized spacial score (nSPS) is 24.6. The third-order valence-corrected chi connectivity index (χ3v) is 4.43. The fourth-order valence-electron chi connectivity index (χ4n) is 2.35. The Balaban J connectivity index is 1.96. The second kappa shape index (κ2) is 5.75. The van der Waals surface area contributed by atoms with Crippen molar-refractivity contribution >= 4 is 41.9 Å². The van der Waals surface area contributed by atoms with E-state index in [0.717, 1.165) is 11.3 Å². The predicted octanol–water partition coefficient (Wildman–Crippen LogP) is 1.64. The first-order valence-electron chi connectivity index (χ1n) is 6.48. The molecule has 1 saturated heterocycles. The quantitative estimate of drug-likeness (QED) is 0.653. The Kier molecular flexibility index (Phi) is 3.97. The van der Waals surface area contributed by atoms with E-state index in [4.69, 9.17) is 4.74 Å². The van der Waals surface area contributed by atoms with Crippen LogP contribution in [-0.2, 0) is 14.3 Å². The minimum Gasteiger partial charge on any atom is -0.328 e. The Labute approximate surface area is 132 Å². The van der Waals surface area contributed by atoms with Crippen LogP contribution in [0.4, 0.5) is 0 Å². The van der Waals surface area contributed by atoms with Gasteiger partial charge in [-0.15, -0.1) is 0 Å². The average molecular weight is 322 g/mol. The number of nitrogens with zero attached hydrogens (tertiary/aromatic N) is 1. The number of rotatable bonds is 4. The molecule has 0 spiro atoms. The summed E-state index contributed by atoms with van der Waals surface area (Å²) < 4.78 is 5.74. The molecule has 1 fully saturated rings. The van der Waals surface area contributed by atoms with Gasteiger partial charge in [0.1, 0.15) is 6.42 Å². The fourth-order valence-corrected chi connectivity index (χ4v) is 3.58. The van der Waals surface area contributed by atoms with E-state index in [2.05, 4.69) is 17.9 Å². The minimum atomic E-state index is -1.18. The number of hydrogen-bond donors (Lipinski definition) is 2. The molecule has 0 unspecified atom stereocenters. The van der Waals surface area contributed by atoms with Crippen LogP contribution in [0.3, 0.4) is 0 Å². The molecule has 2 aliphatic rings. The van der Waals surface area contributed by atoms with Crippen molar-refractivity contribution < 1.29 is 14.3 Å².